The highest BCUT2D eigenvalue weighted by atomic mass is 16.5. The van der Waals surface area contributed by atoms with Gasteiger partial charge in [-0.2, -0.15) is 0 Å². The predicted octanol–water partition coefficient (Wildman–Crippen LogP) is 1.87. The van der Waals surface area contributed by atoms with Crippen molar-refractivity contribution in [2.45, 2.75) is 25.6 Å². The molecular formula is C22H23N7O4. The number of carbonyl (C=O) groups excluding carboxylic acids is 1. The van der Waals surface area contributed by atoms with Crippen molar-refractivity contribution in [2.24, 2.45) is 0 Å². The smallest absolute Gasteiger partial charge is 0.273 e. The number of rotatable bonds is 6. The van der Waals surface area contributed by atoms with E-state index in [1.807, 2.05) is 29.7 Å². The summed E-state index contributed by atoms with van der Waals surface area (Å²) in [7, 11) is 1.63. The van der Waals surface area contributed by atoms with Crippen molar-refractivity contribution in [3.63, 3.8) is 0 Å². The number of aromatic nitrogens is 5. The Morgan fingerprint density at radius 2 is 2.18 bits per heavy atom. The van der Waals surface area contributed by atoms with Crippen molar-refractivity contribution in [1.82, 2.24) is 29.7 Å². The quantitative estimate of drug-likeness (QED) is 0.451. The molecule has 2 atom stereocenters. The molecule has 11 heteroatoms. The topological polar surface area (TPSA) is 143 Å². The van der Waals surface area contributed by atoms with Crippen molar-refractivity contribution in [2.75, 3.05) is 26.0 Å². The monoisotopic (exact) mass is 449 g/mol. The Morgan fingerprint density at radius 1 is 1.30 bits per heavy atom. The van der Waals surface area contributed by atoms with Crippen LogP contribution >= 0.6 is 0 Å². The molecule has 0 bridgehead atoms. The highest BCUT2D eigenvalue weighted by Crippen LogP contribution is 2.30. The Bertz CT molecular complexity index is 1300. The zero-order chi connectivity index (χ0) is 22.9. The predicted molar refractivity (Wildman–Crippen MR) is 118 cm³/mol. The summed E-state index contributed by atoms with van der Waals surface area (Å²) < 4.78 is 18.4. The molecule has 0 radical (unpaired) electrons. The lowest BCUT2D eigenvalue weighted by Crippen LogP contribution is -2.38. The standard InChI is InChI=1S/C22H23N7O4/c1-12-9-25-16-4-3-13(11-29(12)16)17-18(22-24-6-8-33-22)28-20(23)19(27-17)21(30)26-10-15-14(31-2)5-7-32-15/h3-4,6,8-9,11,14-15H,5,7,10H2,1-2H3,(H2,23,28)(H,26,30). The summed E-state index contributed by atoms with van der Waals surface area (Å²) >= 11 is 0. The number of nitrogens with one attached hydrogen (secondary N) is 1. The first kappa shape index (κ1) is 21.0. The Kier molecular flexibility index (Phi) is 5.48. The van der Waals surface area contributed by atoms with Gasteiger partial charge < -0.3 is 29.3 Å². The minimum atomic E-state index is -0.453. The van der Waals surface area contributed by atoms with Crippen molar-refractivity contribution < 1.29 is 18.7 Å². The van der Waals surface area contributed by atoms with Crippen LogP contribution in [-0.4, -0.2) is 62.7 Å². The van der Waals surface area contributed by atoms with Crippen LogP contribution in [0.15, 0.2) is 41.4 Å². The number of oxazole rings is 1. The van der Waals surface area contributed by atoms with E-state index >= 15 is 0 Å². The van der Waals surface area contributed by atoms with Gasteiger partial charge in [-0.3, -0.25) is 4.79 Å². The summed E-state index contributed by atoms with van der Waals surface area (Å²) in [6.45, 7) is 2.81. The molecule has 1 aliphatic rings. The number of ether oxygens (including phenoxy) is 2. The van der Waals surface area contributed by atoms with E-state index in [1.165, 1.54) is 12.5 Å². The molecule has 1 saturated heterocycles. The molecule has 5 heterocycles. The number of pyridine rings is 1. The van der Waals surface area contributed by atoms with E-state index in [0.717, 1.165) is 17.8 Å². The van der Waals surface area contributed by atoms with Gasteiger partial charge in [-0.15, -0.1) is 0 Å². The van der Waals surface area contributed by atoms with Gasteiger partial charge in [0.05, 0.1) is 12.3 Å². The van der Waals surface area contributed by atoms with Gasteiger partial charge in [0.15, 0.2) is 17.2 Å². The number of hydrogen-bond donors (Lipinski definition) is 2. The zero-order valence-electron chi connectivity index (χ0n) is 18.2. The third kappa shape index (κ3) is 3.92. The van der Waals surface area contributed by atoms with E-state index < -0.39 is 5.91 Å². The number of aryl methyl sites for hydroxylation is 1. The fourth-order valence-corrected chi connectivity index (χ4v) is 3.91. The zero-order valence-corrected chi connectivity index (χ0v) is 18.2. The molecule has 11 nitrogen and oxygen atoms in total. The average Bonchev–Trinajstić information content (AvgIpc) is 3.58. The lowest BCUT2D eigenvalue weighted by molar-refractivity contribution is 0.0168. The van der Waals surface area contributed by atoms with E-state index in [-0.39, 0.29) is 36.2 Å². The fraction of sp³-hybridized carbons (Fsp3) is 0.318. The maximum Gasteiger partial charge on any atom is 0.273 e. The molecule has 3 N–H and O–H groups in total. The van der Waals surface area contributed by atoms with Crippen LogP contribution < -0.4 is 11.1 Å². The number of carbonyl (C=O) groups is 1. The number of amides is 1. The first-order valence-corrected chi connectivity index (χ1v) is 10.5. The molecule has 170 valence electrons. The number of methoxy groups -OCH3 is 1. The molecule has 1 aliphatic heterocycles. The second-order valence-electron chi connectivity index (χ2n) is 7.72. The van der Waals surface area contributed by atoms with Crippen molar-refractivity contribution in [3.05, 3.63) is 48.4 Å². The molecule has 1 fully saturated rings. The first-order valence-electron chi connectivity index (χ1n) is 10.5. The number of anilines is 1. The molecule has 4 aromatic rings. The lowest BCUT2D eigenvalue weighted by atomic mass is 10.1. The molecule has 33 heavy (non-hydrogen) atoms. The number of nitrogens with zero attached hydrogens (tertiary/aromatic N) is 5. The molecule has 0 saturated carbocycles. The van der Waals surface area contributed by atoms with Crippen LogP contribution in [0.4, 0.5) is 5.82 Å². The van der Waals surface area contributed by atoms with Crippen molar-refractivity contribution in [1.29, 1.82) is 0 Å². The van der Waals surface area contributed by atoms with Gasteiger partial charge in [-0.1, -0.05) is 0 Å². The fourth-order valence-electron chi connectivity index (χ4n) is 3.91. The number of fused-ring (bicyclic) bond motifs is 1. The molecule has 0 aromatic carbocycles. The maximum atomic E-state index is 13.0. The summed E-state index contributed by atoms with van der Waals surface area (Å²) in [5.74, 6) is -0.230. The van der Waals surface area contributed by atoms with Gasteiger partial charge in [0, 0.05) is 43.9 Å². The molecule has 1 amide bonds. The number of nitrogens with two attached hydrogens (primary N) is 1. The third-order valence-electron chi connectivity index (χ3n) is 5.65. The van der Waals surface area contributed by atoms with Crippen LogP contribution in [0.1, 0.15) is 22.6 Å². The highest BCUT2D eigenvalue weighted by molar-refractivity contribution is 5.97. The summed E-state index contributed by atoms with van der Waals surface area (Å²) in [6.07, 6.45) is 7.09. The molecular weight excluding hydrogens is 426 g/mol. The molecule has 4 aromatic heterocycles. The second kappa shape index (κ2) is 8.60. The molecule has 0 aliphatic carbocycles. The summed E-state index contributed by atoms with van der Waals surface area (Å²) in [6, 6.07) is 3.72. The lowest BCUT2D eigenvalue weighted by Gasteiger charge is -2.18. The number of nitrogen functional groups attached to an aromatic ring is 1. The maximum absolute atomic E-state index is 13.0. The van der Waals surface area contributed by atoms with E-state index in [0.29, 0.717) is 23.6 Å². The first-order chi connectivity index (χ1) is 16.0. The highest BCUT2D eigenvalue weighted by Gasteiger charge is 2.29. The van der Waals surface area contributed by atoms with Crippen molar-refractivity contribution >= 4 is 17.4 Å². The Balaban J connectivity index is 1.53. The van der Waals surface area contributed by atoms with Gasteiger partial charge in [-0.05, 0) is 25.5 Å². The second-order valence-corrected chi connectivity index (χ2v) is 7.72. The summed E-state index contributed by atoms with van der Waals surface area (Å²) in [4.78, 5) is 30.5. The van der Waals surface area contributed by atoms with Crippen LogP contribution in [0, 0.1) is 6.92 Å². The largest absolute Gasteiger partial charge is 0.443 e. The van der Waals surface area contributed by atoms with E-state index in [4.69, 9.17) is 19.6 Å². The SMILES string of the molecule is COC1CCOC1CNC(=O)c1nc(-c2ccc3ncc(C)n3c2)c(-c2ncco2)nc1N. The third-order valence-corrected chi connectivity index (χ3v) is 5.65. The van der Waals surface area contributed by atoms with E-state index in [1.54, 1.807) is 13.3 Å². The minimum Gasteiger partial charge on any atom is -0.443 e. The molecule has 0 spiro atoms. The Morgan fingerprint density at radius 3 is 2.97 bits per heavy atom. The minimum absolute atomic E-state index is 0.00900. The van der Waals surface area contributed by atoms with Crippen LogP contribution in [0.2, 0.25) is 0 Å². The van der Waals surface area contributed by atoms with Gasteiger partial charge in [0.25, 0.3) is 5.91 Å². The van der Waals surface area contributed by atoms with E-state index in [2.05, 4.69) is 25.3 Å². The van der Waals surface area contributed by atoms with Crippen LogP contribution in [0.25, 0.3) is 28.5 Å². The van der Waals surface area contributed by atoms with E-state index in [9.17, 15) is 4.79 Å². The Labute approximate surface area is 189 Å². The summed E-state index contributed by atoms with van der Waals surface area (Å²) in [5, 5.41) is 2.83. The van der Waals surface area contributed by atoms with Crippen LogP contribution in [0.3, 0.4) is 0 Å². The molecule has 2 unspecified atom stereocenters. The van der Waals surface area contributed by atoms with Gasteiger partial charge >= 0.3 is 0 Å². The van der Waals surface area contributed by atoms with Gasteiger partial charge in [-0.25, -0.2) is 19.9 Å². The molecule has 5 rings (SSSR count). The van der Waals surface area contributed by atoms with Gasteiger partial charge in [0.1, 0.15) is 23.7 Å². The Hall–Kier alpha value is -3.83. The van der Waals surface area contributed by atoms with Gasteiger partial charge in [0.2, 0.25) is 5.89 Å². The van der Waals surface area contributed by atoms with Crippen molar-refractivity contribution in [3.8, 4) is 22.8 Å². The van der Waals surface area contributed by atoms with Crippen LogP contribution in [0.5, 0.6) is 0 Å². The van der Waals surface area contributed by atoms with Crippen LogP contribution in [-0.2, 0) is 9.47 Å². The normalized spacial score (nSPS) is 18.1. The number of hydrogen-bond acceptors (Lipinski definition) is 9. The number of imidazole rings is 1. The summed E-state index contributed by atoms with van der Waals surface area (Å²) in [5.41, 5.74) is 9.35. The average molecular weight is 449 g/mol.